The Hall–Kier alpha value is -1.73. The van der Waals surface area contributed by atoms with Crippen molar-refractivity contribution >= 4 is 21.2 Å². The van der Waals surface area contributed by atoms with Crippen LogP contribution in [0.1, 0.15) is 67.9 Å². The number of allylic oxidation sites excluding steroid dienone is 1. The van der Waals surface area contributed by atoms with Gasteiger partial charge >= 0.3 is 0 Å². The van der Waals surface area contributed by atoms with Gasteiger partial charge in [-0.15, -0.1) is 0 Å². The van der Waals surface area contributed by atoms with Gasteiger partial charge in [-0.1, -0.05) is 25.3 Å². The van der Waals surface area contributed by atoms with Gasteiger partial charge in [0, 0.05) is 31.6 Å². The van der Waals surface area contributed by atoms with Gasteiger partial charge in [0.25, 0.3) is 0 Å². The number of sulfonamides is 1. The molecular formula is C20H26N4O2S. The van der Waals surface area contributed by atoms with Crippen molar-refractivity contribution in [2.45, 2.75) is 57.3 Å². The Labute approximate surface area is 160 Å². The van der Waals surface area contributed by atoms with Gasteiger partial charge in [0.2, 0.25) is 10.0 Å². The van der Waals surface area contributed by atoms with Crippen molar-refractivity contribution in [2.24, 2.45) is 0 Å². The van der Waals surface area contributed by atoms with Crippen LogP contribution in [0.25, 0.3) is 11.2 Å². The number of nitrogens with zero attached hydrogens (tertiary/aromatic N) is 4. The summed E-state index contributed by atoms with van der Waals surface area (Å²) in [4.78, 5) is 9.42. The summed E-state index contributed by atoms with van der Waals surface area (Å²) in [5, 5.41) is 0. The van der Waals surface area contributed by atoms with Gasteiger partial charge in [-0.05, 0) is 31.3 Å². The molecule has 0 atom stereocenters. The molecule has 5 rings (SSSR count). The lowest BCUT2D eigenvalue weighted by atomic mass is 9.87. The lowest BCUT2D eigenvalue weighted by molar-refractivity contribution is 0.438. The zero-order valence-electron chi connectivity index (χ0n) is 15.6. The maximum atomic E-state index is 12.8. The van der Waals surface area contributed by atoms with E-state index < -0.39 is 10.0 Å². The third kappa shape index (κ3) is 3.10. The SMILES string of the molecule is O=S(=O)(CC1=CCc2ncc3nc(C4CCCCC4)cn3c21)N1CCCC1. The molecule has 0 bridgehead atoms. The fourth-order valence-electron chi connectivity index (χ4n) is 4.80. The van der Waals surface area contributed by atoms with Crippen LogP contribution in [-0.4, -0.2) is 45.9 Å². The zero-order chi connectivity index (χ0) is 18.4. The van der Waals surface area contributed by atoms with Gasteiger partial charge in [0.1, 0.15) is 0 Å². The van der Waals surface area contributed by atoms with E-state index in [1.54, 1.807) is 4.31 Å². The molecule has 2 aliphatic carbocycles. The van der Waals surface area contributed by atoms with Crippen LogP contribution in [0.2, 0.25) is 0 Å². The monoisotopic (exact) mass is 386 g/mol. The predicted molar refractivity (Wildman–Crippen MR) is 105 cm³/mol. The molecule has 144 valence electrons. The van der Waals surface area contributed by atoms with Crippen molar-refractivity contribution in [1.82, 2.24) is 18.7 Å². The Kier molecular flexibility index (Phi) is 4.31. The van der Waals surface area contributed by atoms with Crippen LogP contribution < -0.4 is 0 Å². The number of hydrogen-bond acceptors (Lipinski definition) is 4. The molecule has 2 aromatic rings. The summed E-state index contributed by atoms with van der Waals surface area (Å²) < 4.78 is 29.4. The maximum Gasteiger partial charge on any atom is 0.218 e. The van der Waals surface area contributed by atoms with Gasteiger partial charge in [0.05, 0.1) is 29.0 Å². The number of hydrogen-bond donors (Lipinski definition) is 0. The summed E-state index contributed by atoms with van der Waals surface area (Å²) in [6.45, 7) is 1.31. The first kappa shape index (κ1) is 17.4. The van der Waals surface area contributed by atoms with E-state index >= 15 is 0 Å². The first-order chi connectivity index (χ1) is 13.1. The van der Waals surface area contributed by atoms with Crippen molar-refractivity contribution in [1.29, 1.82) is 0 Å². The van der Waals surface area contributed by atoms with Crippen molar-refractivity contribution in [2.75, 3.05) is 18.8 Å². The molecule has 1 aliphatic heterocycles. The first-order valence-corrected chi connectivity index (χ1v) is 11.8. The second kappa shape index (κ2) is 6.71. The molecule has 2 aromatic heterocycles. The summed E-state index contributed by atoms with van der Waals surface area (Å²) in [6, 6.07) is 0. The molecule has 0 amide bonds. The molecule has 1 saturated carbocycles. The Morgan fingerprint density at radius 2 is 1.85 bits per heavy atom. The Morgan fingerprint density at radius 1 is 1.07 bits per heavy atom. The van der Waals surface area contributed by atoms with Gasteiger partial charge in [-0.2, -0.15) is 0 Å². The lowest BCUT2D eigenvalue weighted by Crippen LogP contribution is -2.30. The highest BCUT2D eigenvalue weighted by Crippen LogP contribution is 2.34. The van der Waals surface area contributed by atoms with Crippen molar-refractivity contribution in [3.63, 3.8) is 0 Å². The predicted octanol–water partition coefficient (Wildman–Crippen LogP) is 3.14. The third-order valence-corrected chi connectivity index (χ3v) is 8.10. The van der Waals surface area contributed by atoms with Crippen molar-refractivity contribution < 1.29 is 8.42 Å². The molecule has 0 N–H and O–H groups in total. The summed E-state index contributed by atoms with van der Waals surface area (Å²) in [5.74, 6) is 0.592. The zero-order valence-corrected chi connectivity index (χ0v) is 16.4. The molecule has 7 heteroatoms. The molecule has 3 aliphatic rings. The Morgan fingerprint density at radius 3 is 2.63 bits per heavy atom. The number of fused-ring (bicyclic) bond motifs is 3. The minimum atomic E-state index is -3.26. The van der Waals surface area contributed by atoms with Gasteiger partial charge in [0.15, 0.2) is 5.65 Å². The summed E-state index contributed by atoms with van der Waals surface area (Å²) in [7, 11) is -3.26. The van der Waals surface area contributed by atoms with Crippen LogP contribution in [0.4, 0.5) is 0 Å². The largest absolute Gasteiger partial charge is 0.297 e. The van der Waals surface area contributed by atoms with Gasteiger partial charge in [-0.25, -0.2) is 17.7 Å². The average Bonchev–Trinajstić information content (AvgIpc) is 3.41. The van der Waals surface area contributed by atoms with Crippen LogP contribution >= 0.6 is 0 Å². The lowest BCUT2D eigenvalue weighted by Gasteiger charge is -2.19. The molecular weight excluding hydrogens is 360 g/mol. The fourth-order valence-corrected chi connectivity index (χ4v) is 6.45. The molecule has 0 radical (unpaired) electrons. The Bertz CT molecular complexity index is 996. The van der Waals surface area contributed by atoms with Crippen LogP contribution in [0.3, 0.4) is 0 Å². The van der Waals surface area contributed by atoms with E-state index in [9.17, 15) is 8.42 Å². The van der Waals surface area contributed by atoms with E-state index in [0.717, 1.165) is 41.1 Å². The summed E-state index contributed by atoms with van der Waals surface area (Å²) >= 11 is 0. The second-order valence-electron chi connectivity index (χ2n) is 8.08. The molecule has 0 spiro atoms. The van der Waals surface area contributed by atoms with E-state index in [2.05, 4.69) is 15.6 Å². The number of rotatable bonds is 4. The van der Waals surface area contributed by atoms with Crippen LogP contribution in [0.5, 0.6) is 0 Å². The minimum absolute atomic E-state index is 0.0672. The topological polar surface area (TPSA) is 67.6 Å². The van der Waals surface area contributed by atoms with E-state index in [-0.39, 0.29) is 5.75 Å². The molecule has 6 nitrogen and oxygen atoms in total. The van der Waals surface area contributed by atoms with Gasteiger partial charge < -0.3 is 0 Å². The molecule has 3 heterocycles. The van der Waals surface area contributed by atoms with Crippen LogP contribution in [-0.2, 0) is 16.4 Å². The number of imidazole rings is 1. The first-order valence-electron chi connectivity index (χ1n) is 10.2. The molecule has 0 unspecified atom stereocenters. The molecule has 1 saturated heterocycles. The summed E-state index contributed by atoms with van der Waals surface area (Å²) in [5.41, 5.74) is 4.76. The molecule has 27 heavy (non-hydrogen) atoms. The average molecular weight is 387 g/mol. The quantitative estimate of drug-likeness (QED) is 0.810. The van der Waals surface area contributed by atoms with Crippen LogP contribution in [0.15, 0.2) is 18.5 Å². The van der Waals surface area contributed by atoms with E-state index in [4.69, 9.17) is 4.98 Å². The standard InChI is InChI=1S/C20H26N4O2S/c25-27(26,23-10-4-5-11-23)14-16-8-9-17-20(16)24-13-18(22-19(24)12-21-17)15-6-2-1-3-7-15/h8,12-13,15H,1-7,9-11,14H2. The van der Waals surface area contributed by atoms with Crippen molar-refractivity contribution in [3.8, 4) is 0 Å². The van der Waals surface area contributed by atoms with Crippen molar-refractivity contribution in [3.05, 3.63) is 35.6 Å². The number of aromatic nitrogens is 3. The normalized spacial score (nSPS) is 21.7. The smallest absolute Gasteiger partial charge is 0.218 e. The highest BCUT2D eigenvalue weighted by atomic mass is 32.2. The van der Waals surface area contributed by atoms with E-state index in [1.165, 1.54) is 32.1 Å². The second-order valence-corrected chi connectivity index (χ2v) is 10.0. The van der Waals surface area contributed by atoms with E-state index in [0.29, 0.717) is 25.4 Å². The van der Waals surface area contributed by atoms with Crippen LogP contribution in [0, 0.1) is 0 Å². The minimum Gasteiger partial charge on any atom is -0.297 e. The summed E-state index contributed by atoms with van der Waals surface area (Å²) in [6.07, 6.45) is 14.9. The maximum absolute atomic E-state index is 12.8. The van der Waals surface area contributed by atoms with Gasteiger partial charge in [-0.3, -0.25) is 9.38 Å². The fraction of sp³-hybridized carbons (Fsp3) is 0.600. The Balaban J connectivity index is 1.49. The highest BCUT2D eigenvalue weighted by Gasteiger charge is 2.30. The third-order valence-electron chi connectivity index (χ3n) is 6.27. The molecule has 0 aromatic carbocycles. The highest BCUT2D eigenvalue weighted by molar-refractivity contribution is 7.89. The van der Waals surface area contributed by atoms with E-state index in [1.807, 2.05) is 12.3 Å². The molecule has 2 fully saturated rings.